The Labute approximate surface area is 114 Å². The second-order valence-electron chi connectivity index (χ2n) is 4.38. The van der Waals surface area contributed by atoms with E-state index in [1.807, 2.05) is 0 Å². The first-order chi connectivity index (χ1) is 9.47. The molecule has 6 heteroatoms. The summed E-state index contributed by atoms with van der Waals surface area (Å²) in [7, 11) is 0. The van der Waals surface area contributed by atoms with Crippen molar-refractivity contribution in [2.75, 3.05) is 11.1 Å². The SMILES string of the molecule is Cc1cccc(=O)n1CC(=O)Nc1cc(N)ccc1F. The highest BCUT2D eigenvalue weighted by Gasteiger charge is 2.10. The molecule has 0 atom stereocenters. The molecule has 0 aliphatic rings. The summed E-state index contributed by atoms with van der Waals surface area (Å²) in [6.07, 6.45) is 0. The first-order valence-corrected chi connectivity index (χ1v) is 5.98. The van der Waals surface area contributed by atoms with Crippen molar-refractivity contribution >= 4 is 17.3 Å². The average Bonchev–Trinajstić information content (AvgIpc) is 2.38. The topological polar surface area (TPSA) is 77.1 Å². The second-order valence-corrected chi connectivity index (χ2v) is 4.38. The molecular formula is C14H14FN3O2. The lowest BCUT2D eigenvalue weighted by Crippen LogP contribution is -2.28. The van der Waals surface area contributed by atoms with Gasteiger partial charge in [0.2, 0.25) is 5.91 Å². The number of nitrogens with two attached hydrogens (primary N) is 1. The smallest absolute Gasteiger partial charge is 0.251 e. The van der Waals surface area contributed by atoms with Gasteiger partial charge in [0.1, 0.15) is 12.4 Å². The Bertz CT molecular complexity index is 710. The lowest BCUT2D eigenvalue weighted by molar-refractivity contribution is -0.116. The number of benzene rings is 1. The third-order valence-corrected chi connectivity index (χ3v) is 2.83. The van der Waals surface area contributed by atoms with Crippen LogP contribution in [0.3, 0.4) is 0 Å². The van der Waals surface area contributed by atoms with Crippen LogP contribution in [-0.2, 0) is 11.3 Å². The van der Waals surface area contributed by atoms with Gasteiger partial charge >= 0.3 is 0 Å². The molecule has 3 N–H and O–H groups in total. The molecule has 0 fully saturated rings. The quantitative estimate of drug-likeness (QED) is 0.834. The van der Waals surface area contributed by atoms with E-state index in [-0.39, 0.29) is 17.8 Å². The number of nitrogen functional groups attached to an aromatic ring is 1. The first-order valence-electron chi connectivity index (χ1n) is 5.98. The van der Waals surface area contributed by atoms with E-state index < -0.39 is 11.7 Å². The van der Waals surface area contributed by atoms with Crippen LogP contribution < -0.4 is 16.6 Å². The van der Waals surface area contributed by atoms with Crippen molar-refractivity contribution in [2.24, 2.45) is 0 Å². The molecule has 0 saturated heterocycles. The normalized spacial score (nSPS) is 10.3. The van der Waals surface area contributed by atoms with Crippen LogP contribution in [0, 0.1) is 12.7 Å². The van der Waals surface area contributed by atoms with Gasteiger partial charge in [-0.05, 0) is 31.2 Å². The molecular weight excluding hydrogens is 261 g/mol. The van der Waals surface area contributed by atoms with Crippen LogP contribution in [0.4, 0.5) is 15.8 Å². The molecule has 5 nitrogen and oxygen atoms in total. The van der Waals surface area contributed by atoms with Gasteiger partial charge in [0.15, 0.2) is 0 Å². The minimum absolute atomic E-state index is 0.00312. The van der Waals surface area contributed by atoms with Crippen LogP contribution >= 0.6 is 0 Å². The Balaban J connectivity index is 2.17. The highest BCUT2D eigenvalue weighted by atomic mass is 19.1. The third-order valence-electron chi connectivity index (χ3n) is 2.83. The summed E-state index contributed by atoms with van der Waals surface area (Å²) < 4.78 is 14.8. The van der Waals surface area contributed by atoms with Crippen molar-refractivity contribution in [3.63, 3.8) is 0 Å². The Morgan fingerprint density at radius 2 is 2.10 bits per heavy atom. The summed E-state index contributed by atoms with van der Waals surface area (Å²) in [5.74, 6) is -1.07. The Morgan fingerprint density at radius 3 is 2.80 bits per heavy atom. The molecule has 0 unspecified atom stereocenters. The summed E-state index contributed by atoms with van der Waals surface area (Å²) in [4.78, 5) is 23.5. The van der Waals surface area contributed by atoms with E-state index in [4.69, 9.17) is 5.73 Å². The lowest BCUT2D eigenvalue weighted by atomic mass is 10.2. The average molecular weight is 275 g/mol. The zero-order chi connectivity index (χ0) is 14.7. The number of aromatic nitrogens is 1. The molecule has 104 valence electrons. The number of carbonyl (C=O) groups excluding carboxylic acids is 1. The van der Waals surface area contributed by atoms with E-state index in [1.165, 1.54) is 28.8 Å². The molecule has 0 aliphatic carbocycles. The molecule has 0 bridgehead atoms. The number of nitrogens with one attached hydrogen (secondary N) is 1. The van der Waals surface area contributed by atoms with Crippen molar-refractivity contribution in [2.45, 2.75) is 13.5 Å². The molecule has 20 heavy (non-hydrogen) atoms. The van der Waals surface area contributed by atoms with Crippen molar-refractivity contribution in [1.82, 2.24) is 4.57 Å². The van der Waals surface area contributed by atoms with E-state index in [1.54, 1.807) is 19.1 Å². The van der Waals surface area contributed by atoms with Gasteiger partial charge in [0.25, 0.3) is 5.56 Å². The largest absolute Gasteiger partial charge is 0.399 e. The number of halogens is 1. The summed E-state index contributed by atoms with van der Waals surface area (Å²) in [5.41, 5.74) is 6.24. The monoisotopic (exact) mass is 275 g/mol. The number of nitrogens with zero attached hydrogens (tertiary/aromatic N) is 1. The molecule has 0 spiro atoms. The standard InChI is InChI=1S/C14H14FN3O2/c1-9-3-2-4-14(20)18(9)8-13(19)17-12-7-10(16)5-6-11(12)15/h2-7H,8,16H2,1H3,(H,17,19). The molecule has 1 amide bonds. The molecule has 1 aromatic carbocycles. The Hall–Kier alpha value is -2.63. The lowest BCUT2D eigenvalue weighted by Gasteiger charge is -2.10. The predicted octanol–water partition coefficient (Wildman–Crippen LogP) is 1.52. The molecule has 2 aromatic rings. The van der Waals surface area contributed by atoms with Gasteiger partial charge in [-0.25, -0.2) is 4.39 Å². The van der Waals surface area contributed by atoms with E-state index in [0.717, 1.165) is 0 Å². The minimum atomic E-state index is -0.579. The Morgan fingerprint density at radius 1 is 1.35 bits per heavy atom. The highest BCUT2D eigenvalue weighted by molar-refractivity contribution is 5.91. The number of rotatable bonds is 3. The van der Waals surface area contributed by atoms with Gasteiger partial charge in [0.05, 0.1) is 5.69 Å². The van der Waals surface area contributed by atoms with Crippen molar-refractivity contribution < 1.29 is 9.18 Å². The minimum Gasteiger partial charge on any atom is -0.399 e. The number of hydrogen-bond donors (Lipinski definition) is 2. The number of amides is 1. The predicted molar refractivity (Wildman–Crippen MR) is 74.9 cm³/mol. The zero-order valence-corrected chi connectivity index (χ0v) is 10.9. The molecule has 0 radical (unpaired) electrons. The number of hydrogen-bond acceptors (Lipinski definition) is 3. The fourth-order valence-electron chi connectivity index (χ4n) is 1.80. The fourth-order valence-corrected chi connectivity index (χ4v) is 1.80. The van der Waals surface area contributed by atoms with Gasteiger partial charge in [-0.1, -0.05) is 6.07 Å². The van der Waals surface area contributed by atoms with E-state index in [2.05, 4.69) is 5.32 Å². The van der Waals surface area contributed by atoms with Gasteiger partial charge < -0.3 is 15.6 Å². The van der Waals surface area contributed by atoms with E-state index in [9.17, 15) is 14.0 Å². The van der Waals surface area contributed by atoms with Crippen LogP contribution in [0.25, 0.3) is 0 Å². The van der Waals surface area contributed by atoms with Gasteiger partial charge in [-0.15, -0.1) is 0 Å². The maximum absolute atomic E-state index is 13.5. The van der Waals surface area contributed by atoms with Crippen LogP contribution in [0.1, 0.15) is 5.69 Å². The molecule has 1 heterocycles. The highest BCUT2D eigenvalue weighted by Crippen LogP contribution is 2.17. The van der Waals surface area contributed by atoms with Gasteiger partial charge in [-0.3, -0.25) is 9.59 Å². The molecule has 0 aliphatic heterocycles. The van der Waals surface area contributed by atoms with Crippen LogP contribution in [0.5, 0.6) is 0 Å². The number of aryl methyl sites for hydroxylation is 1. The van der Waals surface area contributed by atoms with Gasteiger partial charge in [-0.2, -0.15) is 0 Å². The van der Waals surface area contributed by atoms with Crippen molar-refractivity contribution in [1.29, 1.82) is 0 Å². The summed E-state index contributed by atoms with van der Waals surface area (Å²) >= 11 is 0. The zero-order valence-electron chi connectivity index (χ0n) is 10.9. The van der Waals surface area contributed by atoms with E-state index in [0.29, 0.717) is 11.4 Å². The number of pyridine rings is 1. The summed E-state index contributed by atoms with van der Waals surface area (Å²) in [5, 5.41) is 2.40. The molecule has 2 rings (SSSR count). The van der Waals surface area contributed by atoms with Crippen LogP contribution in [-0.4, -0.2) is 10.5 Å². The number of carbonyl (C=O) groups is 1. The summed E-state index contributed by atoms with van der Waals surface area (Å²) in [6.45, 7) is 1.54. The van der Waals surface area contributed by atoms with Gasteiger partial charge in [0, 0.05) is 17.4 Å². The van der Waals surface area contributed by atoms with Crippen LogP contribution in [0.15, 0.2) is 41.2 Å². The van der Waals surface area contributed by atoms with Crippen molar-refractivity contribution in [3.8, 4) is 0 Å². The maximum atomic E-state index is 13.5. The first kappa shape index (κ1) is 13.8. The van der Waals surface area contributed by atoms with E-state index >= 15 is 0 Å². The molecule has 1 aromatic heterocycles. The van der Waals surface area contributed by atoms with Crippen LogP contribution in [0.2, 0.25) is 0 Å². The molecule has 0 saturated carbocycles. The maximum Gasteiger partial charge on any atom is 0.251 e. The summed E-state index contributed by atoms with van der Waals surface area (Å²) in [6, 6.07) is 8.59. The second kappa shape index (κ2) is 5.56. The Kier molecular flexibility index (Phi) is 3.84. The third kappa shape index (κ3) is 3.03. The van der Waals surface area contributed by atoms with Crippen molar-refractivity contribution in [3.05, 3.63) is 58.3 Å². The fraction of sp³-hybridized carbons (Fsp3) is 0.143. The number of anilines is 2.